The van der Waals surface area contributed by atoms with E-state index in [1.807, 2.05) is 59.1 Å². The average molecular weight is 482 g/mol. The van der Waals surface area contributed by atoms with Crippen LogP contribution in [0.1, 0.15) is 72.9 Å². The highest BCUT2D eigenvalue weighted by atomic mass is 16.1. The number of nitrogens with zero attached hydrogens (tertiary/aromatic N) is 1. The fourth-order valence-corrected chi connectivity index (χ4v) is 2.86. The maximum absolute atomic E-state index is 11.3. The van der Waals surface area contributed by atoms with Gasteiger partial charge in [-0.05, 0) is 49.7 Å². The topological polar surface area (TPSA) is 113 Å². The van der Waals surface area contributed by atoms with Crippen LogP contribution in [0, 0.1) is 0 Å². The predicted octanol–water partition coefficient (Wildman–Crippen LogP) is 6.42. The number of hydrogen-bond acceptors (Lipinski definition) is 5. The van der Waals surface area contributed by atoms with Crippen LogP contribution in [0.3, 0.4) is 0 Å². The summed E-state index contributed by atoms with van der Waals surface area (Å²) >= 11 is 0. The summed E-state index contributed by atoms with van der Waals surface area (Å²) in [5, 5.41) is 13.8. The van der Waals surface area contributed by atoms with Gasteiger partial charge < -0.3 is 16.4 Å². The van der Waals surface area contributed by atoms with Gasteiger partial charge in [0.2, 0.25) is 5.91 Å². The molecule has 7 heteroatoms. The van der Waals surface area contributed by atoms with Crippen molar-refractivity contribution in [3.8, 4) is 0 Å². The number of unbranched alkanes of at least 4 members (excludes halogenated alkanes) is 1. The SMILES string of the molecule is CC.CC(=O)NC(C(C=O)=C(C)C)c1cccc(N)c1.CCCC.CNc1ccc2[nH]ncc2c1. The van der Waals surface area contributed by atoms with E-state index >= 15 is 0 Å². The van der Waals surface area contributed by atoms with E-state index in [9.17, 15) is 9.59 Å². The van der Waals surface area contributed by atoms with Crippen molar-refractivity contribution in [2.45, 2.75) is 67.3 Å². The lowest BCUT2D eigenvalue weighted by molar-refractivity contribution is -0.119. The third-order valence-electron chi connectivity index (χ3n) is 4.84. The molecule has 0 radical (unpaired) electrons. The van der Waals surface area contributed by atoms with Gasteiger partial charge in [0.1, 0.15) is 6.29 Å². The molecule has 0 aliphatic rings. The second-order valence-corrected chi connectivity index (χ2v) is 7.80. The molecule has 1 aromatic heterocycles. The molecule has 35 heavy (non-hydrogen) atoms. The molecule has 0 saturated carbocycles. The normalized spacial score (nSPS) is 10.2. The number of amides is 1. The Labute approximate surface area is 210 Å². The van der Waals surface area contributed by atoms with Gasteiger partial charge in [-0.2, -0.15) is 5.10 Å². The minimum Gasteiger partial charge on any atom is -0.399 e. The van der Waals surface area contributed by atoms with Crippen molar-refractivity contribution in [1.82, 2.24) is 15.5 Å². The lowest BCUT2D eigenvalue weighted by Crippen LogP contribution is -2.28. The number of allylic oxidation sites excluding steroid dienone is 1. The zero-order valence-electron chi connectivity index (χ0n) is 22.5. The van der Waals surface area contributed by atoms with Gasteiger partial charge in [0, 0.05) is 36.3 Å². The number of carbonyl (C=O) groups is 2. The fourth-order valence-electron chi connectivity index (χ4n) is 2.86. The second kappa shape index (κ2) is 17.8. The van der Waals surface area contributed by atoms with Crippen LogP contribution in [0.25, 0.3) is 10.9 Å². The number of H-pyrrole nitrogens is 1. The van der Waals surface area contributed by atoms with Gasteiger partial charge in [-0.25, -0.2) is 0 Å². The molecule has 0 aliphatic carbocycles. The molecule has 3 rings (SSSR count). The van der Waals surface area contributed by atoms with E-state index in [1.165, 1.54) is 19.8 Å². The molecule has 1 amide bonds. The fraction of sp³-hybridized carbons (Fsp3) is 0.393. The van der Waals surface area contributed by atoms with Crippen LogP contribution in [0.15, 0.2) is 59.8 Å². The van der Waals surface area contributed by atoms with E-state index in [0.717, 1.165) is 34.0 Å². The lowest BCUT2D eigenvalue weighted by atomic mass is 9.96. The molecule has 7 nitrogen and oxygen atoms in total. The highest BCUT2D eigenvalue weighted by molar-refractivity contribution is 5.82. The van der Waals surface area contributed by atoms with Crippen molar-refractivity contribution >= 4 is 34.5 Å². The predicted molar refractivity (Wildman–Crippen MR) is 149 cm³/mol. The molecule has 0 bridgehead atoms. The molecule has 5 N–H and O–H groups in total. The lowest BCUT2D eigenvalue weighted by Gasteiger charge is -2.20. The van der Waals surface area contributed by atoms with Crippen LogP contribution in [0.2, 0.25) is 0 Å². The van der Waals surface area contributed by atoms with Crippen molar-refractivity contribution in [1.29, 1.82) is 0 Å². The summed E-state index contributed by atoms with van der Waals surface area (Å²) in [5.41, 5.74) is 10.7. The zero-order chi connectivity index (χ0) is 26.8. The molecule has 1 heterocycles. The van der Waals surface area contributed by atoms with Gasteiger partial charge in [-0.3, -0.25) is 14.7 Å². The Morgan fingerprint density at radius 1 is 1.09 bits per heavy atom. The number of benzene rings is 2. The van der Waals surface area contributed by atoms with E-state index in [-0.39, 0.29) is 5.91 Å². The third-order valence-corrected chi connectivity index (χ3v) is 4.84. The number of rotatable bonds is 6. The van der Waals surface area contributed by atoms with Crippen LogP contribution in [-0.4, -0.2) is 29.4 Å². The van der Waals surface area contributed by atoms with Crippen molar-refractivity contribution < 1.29 is 9.59 Å². The van der Waals surface area contributed by atoms with Gasteiger partial charge >= 0.3 is 0 Å². The minimum absolute atomic E-state index is 0.192. The molecule has 3 aromatic rings. The number of aromatic amines is 1. The highest BCUT2D eigenvalue weighted by Crippen LogP contribution is 2.24. The maximum atomic E-state index is 11.3. The average Bonchev–Trinajstić information content (AvgIpc) is 3.33. The maximum Gasteiger partial charge on any atom is 0.217 e. The Hall–Kier alpha value is -3.61. The number of anilines is 2. The first-order chi connectivity index (χ1) is 16.8. The van der Waals surface area contributed by atoms with Crippen LogP contribution < -0.4 is 16.4 Å². The van der Waals surface area contributed by atoms with E-state index in [1.54, 1.807) is 18.2 Å². The molecule has 0 fully saturated rings. The molecule has 0 aliphatic heterocycles. The summed E-state index contributed by atoms with van der Waals surface area (Å²) < 4.78 is 0. The molecule has 0 saturated heterocycles. The number of nitrogens with two attached hydrogens (primary N) is 1. The van der Waals surface area contributed by atoms with Crippen molar-refractivity contribution in [2.75, 3.05) is 18.1 Å². The number of nitrogen functional groups attached to an aromatic ring is 1. The quantitative estimate of drug-likeness (QED) is 0.184. The number of carbonyl (C=O) groups excluding carboxylic acids is 2. The number of hydrogen-bond donors (Lipinski definition) is 4. The first kappa shape index (κ1) is 31.4. The number of aromatic nitrogens is 2. The van der Waals surface area contributed by atoms with E-state index in [0.29, 0.717) is 11.3 Å². The Balaban J connectivity index is 0.000000573. The summed E-state index contributed by atoms with van der Waals surface area (Å²) in [7, 11) is 1.90. The third kappa shape index (κ3) is 11.4. The van der Waals surface area contributed by atoms with E-state index < -0.39 is 6.04 Å². The summed E-state index contributed by atoms with van der Waals surface area (Å²) in [6.45, 7) is 13.5. The molecule has 0 spiro atoms. The van der Waals surface area contributed by atoms with Gasteiger partial charge in [-0.1, -0.05) is 58.2 Å². The summed E-state index contributed by atoms with van der Waals surface area (Å²) in [6, 6.07) is 12.8. The molecule has 1 unspecified atom stereocenters. The largest absolute Gasteiger partial charge is 0.399 e. The summed E-state index contributed by atoms with van der Waals surface area (Å²) in [5.74, 6) is -0.192. The van der Waals surface area contributed by atoms with Gasteiger partial charge in [-0.15, -0.1) is 0 Å². The van der Waals surface area contributed by atoms with Crippen LogP contribution in [0.5, 0.6) is 0 Å². The molecule has 2 aromatic carbocycles. The Kier molecular flexibility index (Phi) is 16.0. The number of aldehydes is 1. The highest BCUT2D eigenvalue weighted by Gasteiger charge is 2.18. The number of nitrogens with one attached hydrogen (secondary N) is 3. The van der Waals surface area contributed by atoms with Gasteiger partial charge in [0.25, 0.3) is 0 Å². The van der Waals surface area contributed by atoms with Gasteiger partial charge in [0.15, 0.2) is 0 Å². The molecule has 1 atom stereocenters. The van der Waals surface area contributed by atoms with Crippen molar-refractivity contribution in [3.63, 3.8) is 0 Å². The van der Waals surface area contributed by atoms with Crippen LogP contribution in [-0.2, 0) is 9.59 Å². The minimum atomic E-state index is -0.450. The first-order valence-corrected chi connectivity index (χ1v) is 12.1. The van der Waals surface area contributed by atoms with Crippen molar-refractivity contribution in [3.05, 3.63) is 65.4 Å². The van der Waals surface area contributed by atoms with Gasteiger partial charge in [0.05, 0.1) is 17.8 Å². The monoisotopic (exact) mass is 481 g/mol. The van der Waals surface area contributed by atoms with Crippen molar-refractivity contribution in [2.24, 2.45) is 0 Å². The number of fused-ring (bicyclic) bond motifs is 1. The van der Waals surface area contributed by atoms with Crippen LogP contribution >= 0.6 is 0 Å². The second-order valence-electron chi connectivity index (χ2n) is 7.80. The summed E-state index contributed by atoms with van der Waals surface area (Å²) in [6.07, 6.45) is 5.23. The molecular formula is C28H43N5O2. The van der Waals surface area contributed by atoms with E-state index in [4.69, 9.17) is 5.73 Å². The summed E-state index contributed by atoms with van der Waals surface area (Å²) in [4.78, 5) is 22.5. The molecular weight excluding hydrogens is 438 g/mol. The zero-order valence-corrected chi connectivity index (χ0v) is 22.5. The Morgan fingerprint density at radius 3 is 2.23 bits per heavy atom. The Bertz CT molecular complexity index is 1050. The standard InChI is InChI=1S/C14H18N2O2.C8H9N3.C4H10.C2H6/c1-9(2)13(8-17)14(16-10(3)18)11-5-4-6-12(15)7-11;1-9-7-2-3-8-6(4-7)5-10-11-8;1-3-4-2;1-2/h4-8,14H,15H2,1-3H3,(H,16,18);2-5,9H,1H3,(H,10,11);3-4H2,1-2H3;1-2H3. The van der Waals surface area contributed by atoms with Crippen LogP contribution in [0.4, 0.5) is 11.4 Å². The molecule has 192 valence electrons. The Morgan fingerprint density at radius 2 is 1.74 bits per heavy atom. The first-order valence-electron chi connectivity index (χ1n) is 12.1. The smallest absolute Gasteiger partial charge is 0.217 e. The van der Waals surface area contributed by atoms with E-state index in [2.05, 4.69) is 40.7 Å².